The second-order valence-electron chi connectivity index (χ2n) is 7.16. The van der Waals surface area contributed by atoms with Gasteiger partial charge in [0.1, 0.15) is 0 Å². The molecule has 0 aromatic heterocycles. The fraction of sp³-hybridized carbons (Fsp3) is 0.316. The molecule has 2 aromatic carbocycles. The molecule has 25 heavy (non-hydrogen) atoms. The molecule has 1 fully saturated rings. The molecule has 0 atom stereocenters. The van der Waals surface area contributed by atoms with Gasteiger partial charge in [-0.3, -0.25) is 0 Å². The Kier molecular flexibility index (Phi) is 4.58. The van der Waals surface area contributed by atoms with Crippen LogP contribution in [0.4, 0.5) is 16.2 Å². The number of anilines is 2. The normalized spacial score (nSPS) is 18.0. The zero-order valence-corrected chi connectivity index (χ0v) is 15.0. The molecule has 2 amide bonds. The van der Waals surface area contributed by atoms with Gasteiger partial charge >= 0.3 is 13.1 Å². The van der Waals surface area contributed by atoms with Crippen molar-refractivity contribution in [3.8, 4) is 0 Å². The Hall–Kier alpha value is -2.31. The van der Waals surface area contributed by atoms with E-state index in [9.17, 15) is 4.79 Å². The number of urea groups is 1. The third kappa shape index (κ3) is 3.86. The summed E-state index contributed by atoms with van der Waals surface area (Å²) in [4.78, 5) is 12.1. The number of para-hydroxylation sites is 1. The lowest BCUT2D eigenvalue weighted by atomic mass is 9.79. The molecule has 1 aliphatic rings. The van der Waals surface area contributed by atoms with E-state index in [4.69, 9.17) is 9.31 Å². The van der Waals surface area contributed by atoms with Crippen LogP contribution in [0.25, 0.3) is 0 Å². The van der Waals surface area contributed by atoms with Gasteiger partial charge in [0, 0.05) is 11.4 Å². The fourth-order valence-electron chi connectivity index (χ4n) is 2.56. The lowest BCUT2D eigenvalue weighted by Crippen LogP contribution is -2.41. The summed E-state index contributed by atoms with van der Waals surface area (Å²) in [7, 11) is -0.455. The number of rotatable bonds is 3. The van der Waals surface area contributed by atoms with Crippen LogP contribution in [0.5, 0.6) is 0 Å². The van der Waals surface area contributed by atoms with E-state index >= 15 is 0 Å². The molecule has 6 heteroatoms. The molecule has 0 saturated carbocycles. The zero-order valence-electron chi connectivity index (χ0n) is 15.0. The minimum absolute atomic E-state index is 0.294. The molecule has 2 N–H and O–H groups in total. The maximum atomic E-state index is 12.1. The molecule has 2 aromatic rings. The van der Waals surface area contributed by atoms with Gasteiger partial charge in [-0.15, -0.1) is 0 Å². The van der Waals surface area contributed by atoms with Crippen molar-refractivity contribution >= 4 is 30.0 Å². The zero-order chi connectivity index (χ0) is 18.1. The van der Waals surface area contributed by atoms with Gasteiger partial charge in [0.25, 0.3) is 0 Å². The third-order valence-electron chi connectivity index (χ3n) is 4.70. The van der Waals surface area contributed by atoms with Crippen molar-refractivity contribution in [2.75, 3.05) is 10.6 Å². The van der Waals surface area contributed by atoms with Crippen LogP contribution in [0, 0.1) is 0 Å². The third-order valence-corrected chi connectivity index (χ3v) is 4.70. The number of hydrogen-bond acceptors (Lipinski definition) is 3. The molecular formula is C19H23BN2O3. The predicted octanol–water partition coefficient (Wildman–Crippen LogP) is 3.63. The molecule has 0 spiro atoms. The van der Waals surface area contributed by atoms with E-state index in [1.165, 1.54) is 0 Å². The Morgan fingerprint density at radius 2 is 1.40 bits per heavy atom. The van der Waals surface area contributed by atoms with Gasteiger partial charge in [-0.05, 0) is 57.4 Å². The highest BCUT2D eigenvalue weighted by Gasteiger charge is 2.51. The molecule has 5 nitrogen and oxygen atoms in total. The lowest BCUT2D eigenvalue weighted by molar-refractivity contribution is 0.00578. The summed E-state index contributed by atoms with van der Waals surface area (Å²) in [5, 5.41) is 5.63. The first kappa shape index (κ1) is 17.5. The highest BCUT2D eigenvalue weighted by atomic mass is 16.7. The average Bonchev–Trinajstić information content (AvgIpc) is 2.76. The van der Waals surface area contributed by atoms with Crippen molar-refractivity contribution in [1.29, 1.82) is 0 Å². The fourth-order valence-corrected chi connectivity index (χ4v) is 2.56. The van der Waals surface area contributed by atoms with Gasteiger partial charge in [0.15, 0.2) is 0 Å². The van der Waals surface area contributed by atoms with Crippen molar-refractivity contribution in [1.82, 2.24) is 0 Å². The Bertz CT molecular complexity index is 746. The van der Waals surface area contributed by atoms with Crippen LogP contribution in [0.15, 0.2) is 54.6 Å². The van der Waals surface area contributed by atoms with Gasteiger partial charge < -0.3 is 19.9 Å². The Morgan fingerprint density at radius 1 is 0.840 bits per heavy atom. The second-order valence-corrected chi connectivity index (χ2v) is 7.16. The standard InChI is InChI=1S/C19H23BN2O3/c1-18(2)19(3,4)25-20(24-18)14-9-8-12-16(13-14)22-17(23)21-15-10-6-5-7-11-15/h5-13H,1-4H3,(H2,21,22,23). The molecule has 0 bridgehead atoms. The van der Waals surface area contributed by atoms with Gasteiger partial charge in [-0.1, -0.05) is 30.3 Å². The van der Waals surface area contributed by atoms with Crippen LogP contribution in [-0.2, 0) is 9.31 Å². The first-order valence-corrected chi connectivity index (χ1v) is 8.35. The van der Waals surface area contributed by atoms with Gasteiger partial charge in [-0.2, -0.15) is 0 Å². The van der Waals surface area contributed by atoms with Crippen molar-refractivity contribution in [3.63, 3.8) is 0 Å². The van der Waals surface area contributed by atoms with Crippen LogP contribution in [0.2, 0.25) is 0 Å². The topological polar surface area (TPSA) is 59.6 Å². The van der Waals surface area contributed by atoms with Crippen molar-refractivity contribution in [3.05, 3.63) is 54.6 Å². The van der Waals surface area contributed by atoms with Gasteiger partial charge in [0.2, 0.25) is 0 Å². The van der Waals surface area contributed by atoms with Crippen LogP contribution in [-0.4, -0.2) is 24.4 Å². The van der Waals surface area contributed by atoms with Crippen molar-refractivity contribution in [2.45, 2.75) is 38.9 Å². The molecule has 0 unspecified atom stereocenters. The number of hydrogen-bond donors (Lipinski definition) is 2. The van der Waals surface area contributed by atoms with E-state index in [0.717, 1.165) is 11.2 Å². The first-order valence-electron chi connectivity index (χ1n) is 8.35. The van der Waals surface area contributed by atoms with E-state index in [1.54, 1.807) is 0 Å². The Labute approximate surface area is 148 Å². The molecule has 0 aliphatic carbocycles. The second kappa shape index (κ2) is 6.54. The van der Waals surface area contributed by atoms with Crippen molar-refractivity contribution < 1.29 is 14.1 Å². The summed E-state index contributed by atoms with van der Waals surface area (Å²) in [6.45, 7) is 8.07. The van der Waals surface area contributed by atoms with E-state index in [-0.39, 0.29) is 6.03 Å². The SMILES string of the molecule is CC1(C)OB(c2cccc(NC(=O)Nc3ccccc3)c2)OC1(C)C. The molecule has 1 aliphatic heterocycles. The number of amides is 2. The molecular weight excluding hydrogens is 315 g/mol. The number of carbonyl (C=O) groups is 1. The molecule has 1 heterocycles. The summed E-state index contributed by atoms with van der Waals surface area (Å²) < 4.78 is 12.1. The maximum absolute atomic E-state index is 12.1. The predicted molar refractivity (Wildman–Crippen MR) is 101 cm³/mol. The highest BCUT2D eigenvalue weighted by Crippen LogP contribution is 2.36. The van der Waals surface area contributed by atoms with Crippen molar-refractivity contribution in [2.24, 2.45) is 0 Å². The van der Waals surface area contributed by atoms with Crippen LogP contribution < -0.4 is 16.1 Å². The van der Waals surface area contributed by atoms with E-state index in [1.807, 2.05) is 82.3 Å². The molecule has 0 radical (unpaired) electrons. The van der Waals surface area contributed by atoms with Crippen LogP contribution >= 0.6 is 0 Å². The summed E-state index contributed by atoms with van der Waals surface area (Å²) >= 11 is 0. The minimum Gasteiger partial charge on any atom is -0.399 e. The summed E-state index contributed by atoms with van der Waals surface area (Å²) in [6, 6.07) is 16.5. The molecule has 1 saturated heterocycles. The minimum atomic E-state index is -0.455. The Balaban J connectivity index is 1.69. The smallest absolute Gasteiger partial charge is 0.399 e. The quantitative estimate of drug-likeness (QED) is 0.840. The lowest BCUT2D eigenvalue weighted by Gasteiger charge is -2.32. The highest BCUT2D eigenvalue weighted by molar-refractivity contribution is 6.62. The van der Waals surface area contributed by atoms with E-state index in [2.05, 4.69) is 10.6 Å². The number of carbonyl (C=O) groups excluding carboxylic acids is 1. The van der Waals surface area contributed by atoms with Crippen LogP contribution in [0.1, 0.15) is 27.7 Å². The Morgan fingerprint density at radius 3 is 2.04 bits per heavy atom. The van der Waals surface area contributed by atoms with E-state index < -0.39 is 18.3 Å². The summed E-state index contributed by atoms with van der Waals surface area (Å²) in [5.41, 5.74) is 1.50. The largest absolute Gasteiger partial charge is 0.494 e. The monoisotopic (exact) mass is 338 g/mol. The summed E-state index contributed by atoms with van der Waals surface area (Å²) in [5.74, 6) is 0. The number of benzene rings is 2. The molecule has 130 valence electrons. The van der Waals surface area contributed by atoms with Gasteiger partial charge in [-0.25, -0.2) is 4.79 Å². The summed E-state index contributed by atoms with van der Waals surface area (Å²) in [6.07, 6.45) is 0. The number of nitrogens with one attached hydrogen (secondary N) is 2. The maximum Gasteiger partial charge on any atom is 0.494 e. The first-order chi connectivity index (χ1) is 11.8. The van der Waals surface area contributed by atoms with Gasteiger partial charge in [0.05, 0.1) is 11.2 Å². The van der Waals surface area contributed by atoms with Crippen LogP contribution in [0.3, 0.4) is 0 Å². The average molecular weight is 338 g/mol. The van der Waals surface area contributed by atoms with E-state index in [0.29, 0.717) is 5.69 Å². The molecule has 3 rings (SSSR count).